The second-order valence-corrected chi connectivity index (χ2v) is 6.38. The molecule has 0 saturated heterocycles. The summed E-state index contributed by atoms with van der Waals surface area (Å²) in [4.78, 5) is 31.0. The third-order valence-corrected chi connectivity index (χ3v) is 4.17. The number of rotatable bonds is 7. The van der Waals surface area contributed by atoms with Crippen molar-refractivity contribution in [3.05, 3.63) is 46.4 Å². The summed E-state index contributed by atoms with van der Waals surface area (Å²) < 4.78 is 0. The van der Waals surface area contributed by atoms with Crippen LogP contribution in [0.2, 0.25) is 0 Å². The summed E-state index contributed by atoms with van der Waals surface area (Å²) in [5.41, 5.74) is 7.77. The highest BCUT2D eigenvalue weighted by atomic mass is 32.2. The number of amides is 1. The lowest BCUT2D eigenvalue weighted by Crippen LogP contribution is -2.36. The Morgan fingerprint density at radius 3 is 2.92 bits per heavy atom. The van der Waals surface area contributed by atoms with Crippen molar-refractivity contribution in [2.75, 3.05) is 17.3 Å². The van der Waals surface area contributed by atoms with Gasteiger partial charge in [0.15, 0.2) is 0 Å². The molecular weight excluding hydrogens is 324 g/mol. The summed E-state index contributed by atoms with van der Waals surface area (Å²) >= 11 is 1.66. The molecule has 0 aliphatic heterocycles. The molecule has 6 nitrogen and oxygen atoms in total. The average molecular weight is 346 g/mol. The number of nitrogens with zero attached hydrogens (tertiary/aromatic N) is 1. The maximum absolute atomic E-state index is 12.1. The summed E-state index contributed by atoms with van der Waals surface area (Å²) in [5.74, 6) is 1.11. The second-order valence-electron chi connectivity index (χ2n) is 5.40. The largest absolute Gasteiger partial charge is 0.325 e. The van der Waals surface area contributed by atoms with Crippen LogP contribution in [-0.2, 0) is 11.2 Å². The molecule has 128 valence electrons. The molecule has 1 aromatic carbocycles. The first-order chi connectivity index (χ1) is 11.5. The van der Waals surface area contributed by atoms with Gasteiger partial charge in [-0.25, -0.2) is 4.98 Å². The number of aromatic nitrogens is 2. The Morgan fingerprint density at radius 1 is 1.42 bits per heavy atom. The van der Waals surface area contributed by atoms with Gasteiger partial charge >= 0.3 is 0 Å². The molecule has 0 radical (unpaired) electrons. The monoisotopic (exact) mass is 346 g/mol. The number of aromatic amines is 1. The summed E-state index contributed by atoms with van der Waals surface area (Å²) in [6.45, 7) is 1.94. The maximum atomic E-state index is 12.1. The minimum atomic E-state index is -0.539. The topological polar surface area (TPSA) is 101 Å². The lowest BCUT2D eigenvalue weighted by atomic mass is 10.1. The molecule has 1 amide bonds. The predicted octanol–water partition coefficient (Wildman–Crippen LogP) is 2.02. The van der Waals surface area contributed by atoms with Gasteiger partial charge in [-0.05, 0) is 37.0 Å². The summed E-state index contributed by atoms with van der Waals surface area (Å²) in [5, 5.41) is 2.81. The first-order valence-corrected chi connectivity index (χ1v) is 9.19. The first-order valence-electron chi connectivity index (χ1n) is 7.79. The average Bonchev–Trinajstić information content (AvgIpc) is 2.59. The Kier molecular flexibility index (Phi) is 6.57. The van der Waals surface area contributed by atoms with Crippen LogP contribution < -0.4 is 16.6 Å². The molecule has 1 heterocycles. The van der Waals surface area contributed by atoms with E-state index in [1.165, 1.54) is 6.07 Å². The smallest absolute Gasteiger partial charge is 0.251 e. The zero-order valence-electron chi connectivity index (χ0n) is 13.8. The van der Waals surface area contributed by atoms with Gasteiger partial charge in [0.2, 0.25) is 5.91 Å². The van der Waals surface area contributed by atoms with Crippen LogP contribution in [0.1, 0.15) is 19.0 Å². The van der Waals surface area contributed by atoms with Crippen molar-refractivity contribution >= 4 is 23.4 Å². The van der Waals surface area contributed by atoms with Crippen LogP contribution in [0, 0.1) is 0 Å². The Morgan fingerprint density at radius 2 is 2.21 bits per heavy atom. The zero-order chi connectivity index (χ0) is 17.5. The first kappa shape index (κ1) is 18.2. The van der Waals surface area contributed by atoms with Crippen molar-refractivity contribution in [3.63, 3.8) is 0 Å². The lowest BCUT2D eigenvalue weighted by molar-refractivity contribution is -0.117. The van der Waals surface area contributed by atoms with E-state index in [2.05, 4.69) is 15.3 Å². The minimum Gasteiger partial charge on any atom is -0.325 e. The van der Waals surface area contributed by atoms with Gasteiger partial charge in [-0.15, -0.1) is 0 Å². The number of thioether (sulfide) groups is 1. The number of nitrogens with one attached hydrogen (secondary N) is 2. The normalized spacial score (nSPS) is 12.0. The van der Waals surface area contributed by atoms with Crippen molar-refractivity contribution in [1.29, 1.82) is 0 Å². The quantitative estimate of drug-likeness (QED) is 0.712. The number of carbonyl (C=O) groups is 1. The van der Waals surface area contributed by atoms with Gasteiger partial charge in [-0.3, -0.25) is 9.59 Å². The van der Waals surface area contributed by atoms with E-state index < -0.39 is 6.04 Å². The fourth-order valence-corrected chi connectivity index (χ4v) is 2.67. The molecule has 0 bridgehead atoms. The van der Waals surface area contributed by atoms with Crippen molar-refractivity contribution in [3.8, 4) is 11.4 Å². The van der Waals surface area contributed by atoms with Crippen molar-refractivity contribution in [1.82, 2.24) is 9.97 Å². The third-order valence-electron chi connectivity index (χ3n) is 3.53. The molecule has 4 N–H and O–H groups in total. The Labute approximate surface area is 145 Å². The number of aryl methyl sites for hydroxylation is 1. The maximum Gasteiger partial charge on any atom is 0.251 e. The number of H-pyrrole nitrogens is 1. The molecule has 2 rings (SSSR count). The zero-order valence-corrected chi connectivity index (χ0v) is 14.7. The fourth-order valence-electron chi connectivity index (χ4n) is 2.18. The van der Waals surface area contributed by atoms with E-state index in [0.29, 0.717) is 24.4 Å². The van der Waals surface area contributed by atoms with E-state index in [1.807, 2.05) is 19.2 Å². The van der Waals surface area contributed by atoms with Crippen molar-refractivity contribution in [2.45, 2.75) is 25.8 Å². The third kappa shape index (κ3) is 4.94. The number of nitrogens with two attached hydrogens (primary N) is 1. The Hall–Kier alpha value is -2.12. The molecule has 0 saturated carbocycles. The molecule has 0 unspecified atom stereocenters. The highest BCUT2D eigenvalue weighted by Gasteiger charge is 2.13. The fraction of sp³-hybridized carbons (Fsp3) is 0.353. The van der Waals surface area contributed by atoms with E-state index in [4.69, 9.17) is 5.73 Å². The van der Waals surface area contributed by atoms with E-state index in [9.17, 15) is 9.59 Å². The van der Waals surface area contributed by atoms with E-state index in [1.54, 1.807) is 30.0 Å². The SMILES string of the molecule is CCc1cc(=O)[nH]c(-c2cccc(NC(=O)[C@@H](N)CCSC)c2)n1. The van der Waals surface area contributed by atoms with Crippen LogP contribution in [0.4, 0.5) is 5.69 Å². The van der Waals surface area contributed by atoms with Gasteiger partial charge in [0.25, 0.3) is 5.56 Å². The molecule has 0 fully saturated rings. The van der Waals surface area contributed by atoms with Gasteiger partial charge in [0.05, 0.1) is 6.04 Å². The van der Waals surface area contributed by atoms with Crippen LogP contribution >= 0.6 is 11.8 Å². The van der Waals surface area contributed by atoms with E-state index >= 15 is 0 Å². The standard InChI is InChI=1S/C17H22N4O2S/c1-3-12-10-15(22)21-16(19-12)11-5-4-6-13(9-11)20-17(23)14(18)7-8-24-2/h4-6,9-10,14H,3,7-8,18H2,1-2H3,(H,20,23)(H,19,21,22)/t14-/m0/s1. The van der Waals surface area contributed by atoms with Gasteiger partial charge in [0.1, 0.15) is 5.82 Å². The lowest BCUT2D eigenvalue weighted by Gasteiger charge is -2.12. The molecule has 0 aliphatic carbocycles. The van der Waals surface area contributed by atoms with Crippen molar-refractivity contribution in [2.24, 2.45) is 5.73 Å². The van der Waals surface area contributed by atoms with Crippen LogP contribution in [-0.4, -0.2) is 33.9 Å². The number of hydrogen-bond acceptors (Lipinski definition) is 5. The Bertz CT molecular complexity index is 760. The highest BCUT2D eigenvalue weighted by molar-refractivity contribution is 7.98. The van der Waals surface area contributed by atoms with Gasteiger partial charge in [0, 0.05) is 23.0 Å². The van der Waals surface area contributed by atoms with Crippen LogP contribution in [0.25, 0.3) is 11.4 Å². The predicted molar refractivity (Wildman–Crippen MR) is 99.3 cm³/mol. The molecule has 1 aromatic heterocycles. The molecule has 7 heteroatoms. The highest BCUT2D eigenvalue weighted by Crippen LogP contribution is 2.19. The second kappa shape index (κ2) is 8.65. The van der Waals surface area contributed by atoms with E-state index in [-0.39, 0.29) is 11.5 Å². The summed E-state index contributed by atoms with van der Waals surface area (Å²) in [7, 11) is 0. The summed E-state index contributed by atoms with van der Waals surface area (Å²) in [6, 6.07) is 8.14. The molecule has 24 heavy (non-hydrogen) atoms. The van der Waals surface area contributed by atoms with Crippen LogP contribution in [0.5, 0.6) is 0 Å². The summed E-state index contributed by atoms with van der Waals surface area (Å²) in [6.07, 6.45) is 3.28. The minimum absolute atomic E-state index is 0.189. The number of benzene rings is 1. The molecule has 1 atom stereocenters. The van der Waals surface area contributed by atoms with Crippen LogP contribution in [0.3, 0.4) is 0 Å². The number of hydrogen-bond donors (Lipinski definition) is 3. The molecule has 0 spiro atoms. The number of carbonyl (C=O) groups excluding carboxylic acids is 1. The van der Waals surface area contributed by atoms with Gasteiger partial charge < -0.3 is 16.0 Å². The van der Waals surface area contributed by atoms with Gasteiger partial charge in [-0.2, -0.15) is 11.8 Å². The van der Waals surface area contributed by atoms with Crippen molar-refractivity contribution < 1.29 is 4.79 Å². The Balaban J connectivity index is 2.19. The van der Waals surface area contributed by atoms with E-state index in [0.717, 1.165) is 17.0 Å². The molecular formula is C17H22N4O2S. The van der Waals surface area contributed by atoms with Gasteiger partial charge in [-0.1, -0.05) is 19.1 Å². The van der Waals surface area contributed by atoms with Crippen LogP contribution in [0.15, 0.2) is 35.1 Å². The molecule has 0 aliphatic rings. The number of anilines is 1. The molecule has 2 aromatic rings.